The maximum absolute atomic E-state index is 13.5. The monoisotopic (exact) mass is 485 g/mol. The SMILES string of the molecule is CCc1cccc2sc(N(Cc3ccccn3)C(=O)c3cc(Br)ccc3Cl)nc12. The predicted molar refractivity (Wildman–Crippen MR) is 123 cm³/mol. The molecule has 0 atom stereocenters. The van der Waals surface area contributed by atoms with Gasteiger partial charge in [-0.3, -0.25) is 14.7 Å². The number of amides is 1. The van der Waals surface area contributed by atoms with E-state index < -0.39 is 0 Å². The van der Waals surface area contributed by atoms with Gasteiger partial charge in [0, 0.05) is 10.7 Å². The van der Waals surface area contributed by atoms with Crippen LogP contribution in [-0.2, 0) is 13.0 Å². The first-order valence-corrected chi connectivity index (χ1v) is 11.1. The Balaban J connectivity index is 1.82. The van der Waals surface area contributed by atoms with Crippen molar-refractivity contribution in [3.05, 3.63) is 87.1 Å². The summed E-state index contributed by atoms with van der Waals surface area (Å²) < 4.78 is 1.85. The number of carbonyl (C=O) groups excluding carboxylic acids is 1. The van der Waals surface area contributed by atoms with Crippen molar-refractivity contribution < 1.29 is 4.79 Å². The van der Waals surface area contributed by atoms with Gasteiger partial charge >= 0.3 is 0 Å². The molecular formula is C22H17BrClN3OS. The van der Waals surface area contributed by atoms with E-state index in [0.717, 1.165) is 32.4 Å². The molecule has 0 aliphatic rings. The molecule has 0 radical (unpaired) electrons. The molecule has 146 valence electrons. The van der Waals surface area contributed by atoms with Gasteiger partial charge in [0.1, 0.15) is 0 Å². The quantitative estimate of drug-likeness (QED) is 0.323. The van der Waals surface area contributed by atoms with Crippen LogP contribution in [0.15, 0.2) is 65.3 Å². The zero-order chi connectivity index (χ0) is 20.4. The number of hydrogen-bond acceptors (Lipinski definition) is 4. The summed E-state index contributed by atoms with van der Waals surface area (Å²) in [5, 5.41) is 1.03. The number of fused-ring (bicyclic) bond motifs is 1. The van der Waals surface area contributed by atoms with E-state index in [1.165, 1.54) is 11.3 Å². The molecule has 0 N–H and O–H groups in total. The van der Waals surface area contributed by atoms with Crippen molar-refractivity contribution in [3.63, 3.8) is 0 Å². The summed E-state index contributed by atoms with van der Waals surface area (Å²) in [5.41, 5.74) is 3.30. The maximum atomic E-state index is 13.5. The average Bonchev–Trinajstić information content (AvgIpc) is 3.18. The summed E-state index contributed by atoms with van der Waals surface area (Å²) in [6.45, 7) is 2.41. The Morgan fingerprint density at radius 2 is 2.03 bits per heavy atom. The number of halogens is 2. The molecule has 0 bridgehead atoms. The van der Waals surface area contributed by atoms with E-state index in [1.807, 2.05) is 36.4 Å². The fourth-order valence-electron chi connectivity index (χ4n) is 3.08. The van der Waals surface area contributed by atoms with Crippen LogP contribution in [0.2, 0.25) is 5.02 Å². The summed E-state index contributed by atoms with van der Waals surface area (Å²) in [7, 11) is 0. The Labute approximate surface area is 186 Å². The molecule has 0 fully saturated rings. The molecule has 0 saturated heterocycles. The van der Waals surface area contributed by atoms with E-state index >= 15 is 0 Å². The highest BCUT2D eigenvalue weighted by atomic mass is 79.9. The van der Waals surface area contributed by atoms with E-state index in [1.54, 1.807) is 23.2 Å². The van der Waals surface area contributed by atoms with Crippen molar-refractivity contribution in [2.75, 3.05) is 4.90 Å². The lowest BCUT2D eigenvalue weighted by atomic mass is 10.1. The lowest BCUT2D eigenvalue weighted by molar-refractivity contribution is 0.0985. The highest BCUT2D eigenvalue weighted by Gasteiger charge is 2.24. The zero-order valence-corrected chi connectivity index (χ0v) is 18.8. The third-order valence-corrected chi connectivity index (χ3v) is 6.42. The third-order valence-electron chi connectivity index (χ3n) is 4.55. The zero-order valence-electron chi connectivity index (χ0n) is 15.6. The topological polar surface area (TPSA) is 46.1 Å². The van der Waals surface area contributed by atoms with Gasteiger partial charge in [-0.05, 0) is 48.4 Å². The minimum absolute atomic E-state index is 0.209. The lowest BCUT2D eigenvalue weighted by Gasteiger charge is -2.20. The van der Waals surface area contributed by atoms with Crippen LogP contribution in [0.1, 0.15) is 28.5 Å². The molecule has 0 aliphatic heterocycles. The molecule has 0 unspecified atom stereocenters. The van der Waals surface area contributed by atoms with E-state index in [-0.39, 0.29) is 5.91 Å². The van der Waals surface area contributed by atoms with Crippen LogP contribution in [0.4, 0.5) is 5.13 Å². The number of rotatable bonds is 5. The summed E-state index contributed by atoms with van der Waals surface area (Å²) in [5.74, 6) is -0.209. The molecule has 4 rings (SSSR count). The van der Waals surface area contributed by atoms with Gasteiger partial charge in [0.25, 0.3) is 5.91 Å². The van der Waals surface area contributed by atoms with Crippen LogP contribution >= 0.6 is 38.9 Å². The van der Waals surface area contributed by atoms with Gasteiger partial charge in [0.2, 0.25) is 0 Å². The predicted octanol–water partition coefficient (Wildman–Crippen LogP) is 6.52. The Morgan fingerprint density at radius 3 is 2.79 bits per heavy atom. The van der Waals surface area contributed by atoms with Gasteiger partial charge in [-0.1, -0.05) is 64.0 Å². The van der Waals surface area contributed by atoms with Gasteiger partial charge < -0.3 is 0 Å². The van der Waals surface area contributed by atoms with Crippen molar-refractivity contribution in [2.45, 2.75) is 19.9 Å². The van der Waals surface area contributed by atoms with Crippen LogP contribution in [0.3, 0.4) is 0 Å². The molecule has 2 aromatic heterocycles. The lowest BCUT2D eigenvalue weighted by Crippen LogP contribution is -2.31. The van der Waals surface area contributed by atoms with Crippen LogP contribution in [-0.4, -0.2) is 15.9 Å². The number of para-hydroxylation sites is 1. The Bertz CT molecular complexity index is 1180. The number of hydrogen-bond donors (Lipinski definition) is 0. The van der Waals surface area contributed by atoms with Crippen molar-refractivity contribution in [1.29, 1.82) is 0 Å². The van der Waals surface area contributed by atoms with E-state index in [0.29, 0.717) is 22.3 Å². The molecule has 29 heavy (non-hydrogen) atoms. The standard InChI is InChI=1S/C22H17BrClN3OS/c1-2-14-6-5-8-19-20(14)26-22(29-19)27(13-16-7-3-4-11-25-16)21(28)17-12-15(23)9-10-18(17)24/h3-12H,2,13H2,1H3. The number of anilines is 1. The Hall–Kier alpha value is -2.28. The van der Waals surface area contributed by atoms with Crippen molar-refractivity contribution >= 4 is 60.1 Å². The number of nitrogens with zero attached hydrogens (tertiary/aromatic N) is 3. The largest absolute Gasteiger partial charge is 0.278 e. The first-order valence-electron chi connectivity index (χ1n) is 9.12. The second-order valence-corrected chi connectivity index (χ2v) is 8.78. The first-order chi connectivity index (χ1) is 14.1. The minimum Gasteiger partial charge on any atom is -0.278 e. The van der Waals surface area contributed by atoms with Crippen LogP contribution in [0, 0.1) is 0 Å². The molecular weight excluding hydrogens is 470 g/mol. The Kier molecular flexibility index (Phi) is 5.94. The van der Waals surface area contributed by atoms with Crippen LogP contribution < -0.4 is 4.90 Å². The van der Waals surface area contributed by atoms with Crippen LogP contribution in [0.25, 0.3) is 10.2 Å². The maximum Gasteiger partial charge on any atom is 0.261 e. The number of benzene rings is 2. The van der Waals surface area contributed by atoms with E-state index in [4.69, 9.17) is 16.6 Å². The summed E-state index contributed by atoms with van der Waals surface area (Å²) in [4.78, 5) is 24.4. The number of carbonyl (C=O) groups is 1. The third kappa shape index (κ3) is 4.20. The van der Waals surface area contributed by atoms with Crippen molar-refractivity contribution in [2.24, 2.45) is 0 Å². The highest BCUT2D eigenvalue weighted by Crippen LogP contribution is 2.33. The smallest absolute Gasteiger partial charge is 0.261 e. The van der Waals surface area contributed by atoms with Gasteiger partial charge in [-0.2, -0.15) is 0 Å². The first kappa shape index (κ1) is 20.0. The second-order valence-electron chi connectivity index (χ2n) is 6.45. The molecule has 0 aliphatic carbocycles. The number of pyridine rings is 1. The number of aryl methyl sites for hydroxylation is 1. The van der Waals surface area contributed by atoms with Crippen molar-refractivity contribution in [3.8, 4) is 0 Å². The molecule has 2 aromatic carbocycles. The summed E-state index contributed by atoms with van der Waals surface area (Å²) in [6.07, 6.45) is 2.60. The van der Waals surface area contributed by atoms with Crippen molar-refractivity contribution in [1.82, 2.24) is 9.97 Å². The molecule has 2 heterocycles. The average molecular weight is 487 g/mol. The molecule has 4 nitrogen and oxygen atoms in total. The molecule has 0 saturated carbocycles. The molecule has 7 heteroatoms. The fraction of sp³-hybridized carbons (Fsp3) is 0.136. The normalized spacial score (nSPS) is 11.0. The summed E-state index contributed by atoms with van der Waals surface area (Å²) >= 11 is 11.3. The number of thiazole rings is 1. The van der Waals surface area contributed by atoms with Crippen LogP contribution in [0.5, 0.6) is 0 Å². The molecule has 4 aromatic rings. The van der Waals surface area contributed by atoms with E-state index in [9.17, 15) is 4.79 Å². The van der Waals surface area contributed by atoms with Gasteiger partial charge in [-0.25, -0.2) is 4.98 Å². The minimum atomic E-state index is -0.209. The second kappa shape index (κ2) is 8.61. The molecule has 1 amide bonds. The van der Waals surface area contributed by atoms with Gasteiger partial charge in [-0.15, -0.1) is 0 Å². The number of aromatic nitrogens is 2. The highest BCUT2D eigenvalue weighted by molar-refractivity contribution is 9.10. The van der Waals surface area contributed by atoms with E-state index in [2.05, 4.69) is 33.9 Å². The summed E-state index contributed by atoms with van der Waals surface area (Å²) in [6, 6.07) is 17.1. The van der Waals surface area contributed by atoms with Gasteiger partial charge in [0.05, 0.1) is 33.0 Å². The molecule has 0 spiro atoms. The fourth-order valence-corrected chi connectivity index (χ4v) is 4.65. The Morgan fingerprint density at radius 1 is 1.17 bits per heavy atom. The van der Waals surface area contributed by atoms with Gasteiger partial charge in [0.15, 0.2) is 5.13 Å².